The van der Waals surface area contributed by atoms with Crippen LogP contribution >= 0.6 is 0 Å². The fourth-order valence-electron chi connectivity index (χ4n) is 1.61. The summed E-state index contributed by atoms with van der Waals surface area (Å²) in [6.45, 7) is 1.12. The molecule has 0 spiro atoms. The van der Waals surface area contributed by atoms with E-state index in [1.807, 2.05) is 0 Å². The molecule has 0 radical (unpaired) electrons. The Bertz CT molecular complexity index is 512. The summed E-state index contributed by atoms with van der Waals surface area (Å²) in [5.74, 6) is 0.179. The van der Waals surface area contributed by atoms with Gasteiger partial charge in [0, 0.05) is 16.0 Å². The van der Waals surface area contributed by atoms with E-state index in [2.05, 4.69) is 10.0 Å². The largest absolute Gasteiger partial charge is 0.496 e. The number of nitrogens with zero attached hydrogens (tertiary/aromatic N) is 3. The Hall–Kier alpha value is -2.08. The lowest BCUT2D eigenvalue weighted by Crippen LogP contribution is -2.22. The minimum atomic E-state index is -1.31. The number of aliphatic hydroxyl groups is 2. The van der Waals surface area contributed by atoms with Crippen molar-refractivity contribution in [2.24, 2.45) is 5.11 Å². The summed E-state index contributed by atoms with van der Waals surface area (Å²) in [6, 6.07) is 4.55. The van der Waals surface area contributed by atoms with Crippen molar-refractivity contribution < 1.29 is 19.7 Å². The minimum absolute atomic E-state index is 0.166. The number of aliphatic hydroxyl groups excluding tert-OH is 2. The van der Waals surface area contributed by atoms with Gasteiger partial charge >= 0.3 is 0 Å². The minimum Gasteiger partial charge on any atom is -0.496 e. The van der Waals surface area contributed by atoms with Crippen LogP contribution in [0.25, 0.3) is 10.4 Å². The number of ketones is 1. The predicted molar refractivity (Wildman–Crippen MR) is 68.0 cm³/mol. The van der Waals surface area contributed by atoms with Crippen molar-refractivity contribution in [3.63, 3.8) is 0 Å². The van der Waals surface area contributed by atoms with Gasteiger partial charge in [0.1, 0.15) is 11.9 Å². The molecule has 2 atom stereocenters. The smallest absolute Gasteiger partial charge is 0.159 e. The van der Waals surface area contributed by atoms with Crippen molar-refractivity contribution in [2.75, 3.05) is 13.7 Å². The molecule has 0 aliphatic carbocycles. The van der Waals surface area contributed by atoms with E-state index in [9.17, 15) is 15.0 Å². The molecule has 0 saturated carbocycles. The third-order valence-electron chi connectivity index (χ3n) is 2.65. The van der Waals surface area contributed by atoms with E-state index in [1.165, 1.54) is 26.2 Å². The van der Waals surface area contributed by atoms with Crippen LogP contribution in [0.2, 0.25) is 0 Å². The standard InChI is InChI=1S/C12H15N3O4/c1-7(16)8-3-4-11(19-2)9(5-8)12(18)10(17)6-14-15-13/h3-5,10,12,17-18H,6H2,1-2H3. The summed E-state index contributed by atoms with van der Waals surface area (Å²) in [6.07, 6.45) is -2.58. The number of azide groups is 1. The number of benzene rings is 1. The normalized spacial score (nSPS) is 13.3. The molecule has 0 amide bonds. The van der Waals surface area contributed by atoms with Gasteiger partial charge in [-0.3, -0.25) is 4.79 Å². The molecule has 1 aromatic carbocycles. The number of carbonyl (C=O) groups excluding carboxylic acids is 1. The molecule has 0 fully saturated rings. The van der Waals surface area contributed by atoms with Crippen molar-refractivity contribution in [3.8, 4) is 5.75 Å². The summed E-state index contributed by atoms with van der Waals surface area (Å²) >= 11 is 0. The molecule has 2 unspecified atom stereocenters. The number of methoxy groups -OCH3 is 1. The first-order valence-corrected chi connectivity index (χ1v) is 5.57. The summed E-state index contributed by atoms with van der Waals surface area (Å²) in [4.78, 5) is 13.8. The molecule has 0 bridgehead atoms. The molecule has 102 valence electrons. The Balaban J connectivity index is 3.11. The number of hydrogen-bond donors (Lipinski definition) is 2. The van der Waals surface area contributed by atoms with Gasteiger partial charge in [-0.1, -0.05) is 5.11 Å². The van der Waals surface area contributed by atoms with Gasteiger partial charge in [-0.15, -0.1) is 0 Å². The number of carbonyl (C=O) groups is 1. The number of hydrogen-bond acceptors (Lipinski definition) is 5. The zero-order valence-electron chi connectivity index (χ0n) is 10.6. The van der Waals surface area contributed by atoms with Gasteiger partial charge in [0.15, 0.2) is 5.78 Å². The molecule has 0 aromatic heterocycles. The van der Waals surface area contributed by atoms with E-state index in [1.54, 1.807) is 6.07 Å². The molecule has 1 aromatic rings. The van der Waals surface area contributed by atoms with Crippen LogP contribution in [-0.2, 0) is 0 Å². The highest BCUT2D eigenvalue weighted by atomic mass is 16.5. The fraction of sp³-hybridized carbons (Fsp3) is 0.417. The van der Waals surface area contributed by atoms with Crippen molar-refractivity contribution in [3.05, 3.63) is 39.8 Å². The number of Topliss-reactive ketones (excluding diaryl/α,β-unsaturated/α-hetero) is 1. The van der Waals surface area contributed by atoms with Crippen molar-refractivity contribution in [1.29, 1.82) is 0 Å². The van der Waals surface area contributed by atoms with Crippen LogP contribution in [0, 0.1) is 0 Å². The van der Waals surface area contributed by atoms with Crippen LogP contribution in [-0.4, -0.2) is 35.8 Å². The maximum Gasteiger partial charge on any atom is 0.159 e. The van der Waals surface area contributed by atoms with Crippen LogP contribution in [0.4, 0.5) is 0 Å². The van der Waals surface area contributed by atoms with E-state index < -0.39 is 12.2 Å². The van der Waals surface area contributed by atoms with Crippen LogP contribution in [0.3, 0.4) is 0 Å². The van der Waals surface area contributed by atoms with Gasteiger partial charge in [0.05, 0.1) is 19.8 Å². The van der Waals surface area contributed by atoms with Crippen molar-refractivity contribution in [1.82, 2.24) is 0 Å². The summed E-state index contributed by atoms with van der Waals surface area (Å²) < 4.78 is 5.07. The van der Waals surface area contributed by atoms with E-state index in [4.69, 9.17) is 10.3 Å². The molecule has 7 nitrogen and oxygen atoms in total. The van der Waals surface area contributed by atoms with Crippen molar-refractivity contribution >= 4 is 5.78 Å². The number of rotatable bonds is 6. The zero-order valence-corrected chi connectivity index (χ0v) is 10.6. The maximum atomic E-state index is 11.3. The average Bonchev–Trinajstić information content (AvgIpc) is 2.42. The van der Waals surface area contributed by atoms with E-state index in [0.717, 1.165) is 0 Å². The van der Waals surface area contributed by atoms with Gasteiger partial charge in [-0.2, -0.15) is 0 Å². The zero-order chi connectivity index (χ0) is 14.4. The van der Waals surface area contributed by atoms with Crippen LogP contribution in [0.5, 0.6) is 5.75 Å². The topological polar surface area (TPSA) is 116 Å². The summed E-state index contributed by atoms with van der Waals surface area (Å²) in [7, 11) is 1.42. The molecular formula is C12H15N3O4. The maximum absolute atomic E-state index is 11.3. The van der Waals surface area contributed by atoms with Crippen LogP contribution in [0.15, 0.2) is 23.3 Å². The van der Waals surface area contributed by atoms with E-state index in [0.29, 0.717) is 11.3 Å². The first-order chi connectivity index (χ1) is 9.01. The third-order valence-corrected chi connectivity index (χ3v) is 2.65. The molecule has 1 rings (SSSR count). The molecule has 7 heteroatoms. The Labute approximate surface area is 110 Å². The summed E-state index contributed by atoms with van der Waals surface area (Å²) in [5.41, 5.74) is 8.85. The van der Waals surface area contributed by atoms with Gasteiger partial charge in [0.25, 0.3) is 0 Å². The lowest BCUT2D eigenvalue weighted by Gasteiger charge is -2.19. The first kappa shape index (κ1) is 15.0. The monoisotopic (exact) mass is 265 g/mol. The Morgan fingerprint density at radius 3 is 2.74 bits per heavy atom. The lowest BCUT2D eigenvalue weighted by atomic mass is 9.99. The van der Waals surface area contributed by atoms with Gasteiger partial charge in [-0.25, -0.2) is 0 Å². The quantitative estimate of drug-likeness (QED) is 0.351. The highest BCUT2D eigenvalue weighted by Gasteiger charge is 2.22. The number of ether oxygens (including phenoxy) is 1. The SMILES string of the molecule is COc1ccc(C(C)=O)cc1C(O)C(O)CN=[N+]=[N-]. The van der Waals surface area contributed by atoms with Crippen LogP contribution in [0.1, 0.15) is 28.9 Å². The fourth-order valence-corrected chi connectivity index (χ4v) is 1.61. The van der Waals surface area contributed by atoms with Gasteiger partial charge in [0.2, 0.25) is 0 Å². The molecular weight excluding hydrogens is 250 g/mol. The van der Waals surface area contributed by atoms with Gasteiger partial charge in [-0.05, 0) is 30.7 Å². The lowest BCUT2D eigenvalue weighted by molar-refractivity contribution is 0.0229. The molecule has 0 heterocycles. The molecule has 0 aliphatic rings. The second-order valence-corrected chi connectivity index (χ2v) is 3.94. The van der Waals surface area contributed by atoms with Crippen molar-refractivity contribution in [2.45, 2.75) is 19.1 Å². The Morgan fingerprint density at radius 2 is 2.21 bits per heavy atom. The average molecular weight is 265 g/mol. The molecule has 19 heavy (non-hydrogen) atoms. The van der Waals surface area contributed by atoms with E-state index >= 15 is 0 Å². The Kier molecular flexibility index (Phi) is 5.32. The highest BCUT2D eigenvalue weighted by Crippen LogP contribution is 2.28. The highest BCUT2D eigenvalue weighted by molar-refractivity contribution is 5.94. The van der Waals surface area contributed by atoms with Gasteiger partial charge < -0.3 is 14.9 Å². The molecule has 2 N–H and O–H groups in total. The summed E-state index contributed by atoms with van der Waals surface area (Å²) in [5, 5.41) is 22.9. The Morgan fingerprint density at radius 1 is 1.53 bits per heavy atom. The first-order valence-electron chi connectivity index (χ1n) is 5.57. The predicted octanol–water partition coefficient (Wildman–Crippen LogP) is 1.60. The third kappa shape index (κ3) is 3.69. The van der Waals surface area contributed by atoms with E-state index in [-0.39, 0.29) is 17.9 Å². The molecule has 0 saturated heterocycles. The second kappa shape index (κ2) is 6.75. The molecule has 0 aliphatic heterocycles. The van der Waals surface area contributed by atoms with Crippen LogP contribution < -0.4 is 4.74 Å². The second-order valence-electron chi connectivity index (χ2n) is 3.94.